The number of halogens is 1. The number of carboxylic acids is 1. The Bertz CT molecular complexity index is 739. The number of benzene rings is 1. The highest BCUT2D eigenvalue weighted by Crippen LogP contribution is 2.23. The fourth-order valence-electron chi connectivity index (χ4n) is 1.53. The van der Waals surface area contributed by atoms with Gasteiger partial charge in [0.15, 0.2) is 5.43 Å². The number of H-pyrrole nitrogens is 1. The monoisotopic (exact) mass is 292 g/mol. The standard InChI is InChI=1S/C13H9ClN2O4/c14-9-5-7(13(19)20)1-2-10(9)16-12(18)8-6-15-4-3-11(8)17/h1-6H,(H,15,17)(H,16,18)(H,19,20). The molecule has 0 aliphatic carbocycles. The summed E-state index contributed by atoms with van der Waals surface area (Å²) >= 11 is 5.88. The molecule has 0 fully saturated rings. The Morgan fingerprint density at radius 1 is 1.25 bits per heavy atom. The number of aromatic amines is 1. The maximum absolute atomic E-state index is 11.9. The van der Waals surface area contributed by atoms with Gasteiger partial charge in [-0.05, 0) is 18.2 Å². The SMILES string of the molecule is O=C(O)c1ccc(NC(=O)c2c[nH]ccc2=O)c(Cl)c1. The molecule has 1 amide bonds. The summed E-state index contributed by atoms with van der Waals surface area (Å²) in [6.45, 7) is 0. The van der Waals surface area contributed by atoms with Gasteiger partial charge in [-0.1, -0.05) is 11.6 Å². The molecule has 1 aromatic heterocycles. The Kier molecular flexibility index (Phi) is 3.86. The number of pyridine rings is 1. The second kappa shape index (κ2) is 5.58. The van der Waals surface area contributed by atoms with Crippen molar-refractivity contribution in [3.05, 3.63) is 63.0 Å². The summed E-state index contributed by atoms with van der Waals surface area (Å²) in [6, 6.07) is 5.11. The molecule has 0 aliphatic heterocycles. The van der Waals surface area contributed by atoms with Gasteiger partial charge in [-0.15, -0.1) is 0 Å². The molecule has 1 heterocycles. The van der Waals surface area contributed by atoms with Gasteiger partial charge in [-0.25, -0.2) is 4.79 Å². The highest BCUT2D eigenvalue weighted by molar-refractivity contribution is 6.34. The molecule has 0 aliphatic rings. The minimum Gasteiger partial charge on any atom is -0.478 e. The van der Waals surface area contributed by atoms with Gasteiger partial charge in [-0.3, -0.25) is 9.59 Å². The van der Waals surface area contributed by atoms with Crippen molar-refractivity contribution in [3.8, 4) is 0 Å². The zero-order chi connectivity index (χ0) is 14.7. The molecule has 0 atom stereocenters. The molecule has 0 unspecified atom stereocenters. The quantitative estimate of drug-likeness (QED) is 0.805. The first-order valence-corrected chi connectivity index (χ1v) is 5.88. The summed E-state index contributed by atoms with van der Waals surface area (Å²) in [5.41, 5.74) is -0.263. The summed E-state index contributed by atoms with van der Waals surface area (Å²) in [5, 5.41) is 11.3. The number of hydrogen-bond donors (Lipinski definition) is 3. The van der Waals surface area contributed by atoms with Gasteiger partial charge in [0.1, 0.15) is 5.56 Å². The largest absolute Gasteiger partial charge is 0.478 e. The number of carboxylic acid groups (broad SMARTS) is 1. The zero-order valence-electron chi connectivity index (χ0n) is 10.0. The van der Waals surface area contributed by atoms with Crippen LogP contribution in [0.4, 0.5) is 5.69 Å². The molecular weight excluding hydrogens is 284 g/mol. The first-order valence-electron chi connectivity index (χ1n) is 5.50. The van der Waals surface area contributed by atoms with Crippen molar-refractivity contribution in [1.29, 1.82) is 0 Å². The second-order valence-electron chi connectivity index (χ2n) is 3.88. The molecule has 20 heavy (non-hydrogen) atoms. The number of nitrogens with one attached hydrogen (secondary N) is 2. The number of anilines is 1. The topological polar surface area (TPSA) is 99.3 Å². The molecule has 0 spiro atoms. The van der Waals surface area contributed by atoms with Gasteiger partial charge in [0.05, 0.1) is 16.3 Å². The maximum Gasteiger partial charge on any atom is 0.335 e. The van der Waals surface area contributed by atoms with Crippen molar-refractivity contribution < 1.29 is 14.7 Å². The van der Waals surface area contributed by atoms with Crippen molar-refractivity contribution in [2.24, 2.45) is 0 Å². The molecule has 2 rings (SSSR count). The Morgan fingerprint density at radius 3 is 2.60 bits per heavy atom. The van der Waals surface area contributed by atoms with E-state index in [0.717, 1.165) is 0 Å². The van der Waals surface area contributed by atoms with Crippen LogP contribution in [0.3, 0.4) is 0 Å². The van der Waals surface area contributed by atoms with E-state index in [1.807, 2.05) is 0 Å². The average Bonchev–Trinajstić information content (AvgIpc) is 2.41. The summed E-state index contributed by atoms with van der Waals surface area (Å²) in [6.07, 6.45) is 2.69. The predicted molar refractivity (Wildman–Crippen MR) is 73.4 cm³/mol. The molecule has 6 nitrogen and oxygen atoms in total. The van der Waals surface area contributed by atoms with Gasteiger partial charge >= 0.3 is 5.97 Å². The van der Waals surface area contributed by atoms with E-state index in [1.54, 1.807) is 0 Å². The molecule has 3 N–H and O–H groups in total. The number of aromatic carboxylic acids is 1. The average molecular weight is 293 g/mol. The minimum atomic E-state index is -1.12. The molecule has 0 radical (unpaired) electrons. The normalized spacial score (nSPS) is 10.1. The number of rotatable bonds is 3. The van der Waals surface area contributed by atoms with Gasteiger partial charge in [-0.2, -0.15) is 0 Å². The molecule has 2 aromatic rings. The van der Waals surface area contributed by atoms with E-state index in [9.17, 15) is 14.4 Å². The van der Waals surface area contributed by atoms with Crippen molar-refractivity contribution in [2.75, 3.05) is 5.32 Å². The predicted octanol–water partition coefficient (Wildman–Crippen LogP) is 1.98. The zero-order valence-corrected chi connectivity index (χ0v) is 10.8. The fraction of sp³-hybridized carbons (Fsp3) is 0. The third-order valence-electron chi connectivity index (χ3n) is 2.53. The first-order chi connectivity index (χ1) is 9.49. The molecular formula is C13H9ClN2O4. The summed E-state index contributed by atoms with van der Waals surface area (Å²) < 4.78 is 0. The fourth-order valence-corrected chi connectivity index (χ4v) is 1.76. The lowest BCUT2D eigenvalue weighted by molar-refractivity contribution is 0.0696. The van der Waals surface area contributed by atoms with E-state index in [2.05, 4.69) is 10.3 Å². The van der Waals surface area contributed by atoms with E-state index in [4.69, 9.17) is 16.7 Å². The van der Waals surface area contributed by atoms with Crippen LogP contribution >= 0.6 is 11.6 Å². The third kappa shape index (κ3) is 2.86. The second-order valence-corrected chi connectivity index (χ2v) is 4.28. The summed E-state index contributed by atoms with van der Waals surface area (Å²) in [4.78, 5) is 36.8. The van der Waals surface area contributed by atoms with Crippen LogP contribution in [0.1, 0.15) is 20.7 Å². The van der Waals surface area contributed by atoms with Crippen LogP contribution in [0.15, 0.2) is 41.5 Å². The molecule has 0 bridgehead atoms. The highest BCUT2D eigenvalue weighted by Gasteiger charge is 2.13. The molecule has 0 saturated carbocycles. The Hall–Kier alpha value is -2.60. The summed E-state index contributed by atoms with van der Waals surface area (Å²) in [5.74, 6) is -1.75. The molecule has 102 valence electrons. The highest BCUT2D eigenvalue weighted by atomic mass is 35.5. The Labute approximate surface area is 118 Å². The van der Waals surface area contributed by atoms with Crippen molar-refractivity contribution in [3.63, 3.8) is 0 Å². The number of amides is 1. The maximum atomic E-state index is 11.9. The van der Waals surface area contributed by atoms with Crippen molar-refractivity contribution in [2.45, 2.75) is 0 Å². The van der Waals surface area contributed by atoms with Gasteiger partial charge < -0.3 is 15.4 Å². The Balaban J connectivity index is 2.27. The van der Waals surface area contributed by atoms with E-state index >= 15 is 0 Å². The number of hydrogen-bond acceptors (Lipinski definition) is 3. The lowest BCUT2D eigenvalue weighted by Crippen LogP contribution is -2.21. The van der Waals surface area contributed by atoms with E-state index in [-0.39, 0.29) is 21.8 Å². The van der Waals surface area contributed by atoms with E-state index < -0.39 is 17.3 Å². The lowest BCUT2D eigenvalue weighted by atomic mass is 10.2. The molecule has 1 aromatic carbocycles. The third-order valence-corrected chi connectivity index (χ3v) is 2.85. The van der Waals surface area contributed by atoms with Crippen LogP contribution in [0, 0.1) is 0 Å². The minimum absolute atomic E-state index is 0.00515. The van der Waals surface area contributed by atoms with Crippen LogP contribution in [-0.2, 0) is 0 Å². The van der Waals surface area contributed by atoms with Crippen LogP contribution in [0.2, 0.25) is 5.02 Å². The molecule has 0 saturated heterocycles. The van der Waals surface area contributed by atoms with E-state index in [1.165, 1.54) is 36.7 Å². The van der Waals surface area contributed by atoms with Crippen LogP contribution in [0.25, 0.3) is 0 Å². The summed E-state index contributed by atoms with van der Waals surface area (Å²) in [7, 11) is 0. The first kappa shape index (κ1) is 13.8. The van der Waals surface area contributed by atoms with Crippen LogP contribution in [0.5, 0.6) is 0 Å². The number of carbonyl (C=O) groups excluding carboxylic acids is 1. The number of aromatic nitrogens is 1. The van der Waals surface area contributed by atoms with Gasteiger partial charge in [0, 0.05) is 18.5 Å². The Morgan fingerprint density at radius 2 is 2.00 bits per heavy atom. The van der Waals surface area contributed by atoms with Gasteiger partial charge in [0.2, 0.25) is 0 Å². The van der Waals surface area contributed by atoms with Gasteiger partial charge in [0.25, 0.3) is 5.91 Å². The smallest absolute Gasteiger partial charge is 0.335 e. The van der Waals surface area contributed by atoms with Crippen LogP contribution < -0.4 is 10.7 Å². The number of carbonyl (C=O) groups is 2. The van der Waals surface area contributed by atoms with E-state index in [0.29, 0.717) is 0 Å². The van der Waals surface area contributed by atoms with Crippen molar-refractivity contribution >= 4 is 29.2 Å². The molecule has 7 heteroatoms. The van der Waals surface area contributed by atoms with Crippen molar-refractivity contribution in [1.82, 2.24) is 4.98 Å². The lowest BCUT2D eigenvalue weighted by Gasteiger charge is -2.07. The van der Waals surface area contributed by atoms with Crippen LogP contribution in [-0.4, -0.2) is 22.0 Å².